The summed E-state index contributed by atoms with van der Waals surface area (Å²) < 4.78 is 0.465. The molecule has 1 amide bonds. The molecule has 2 bridgehead atoms. The summed E-state index contributed by atoms with van der Waals surface area (Å²) in [6.45, 7) is 2.32. The molecule has 2 unspecified atom stereocenters. The molecule has 4 aliphatic rings. The van der Waals surface area contributed by atoms with Gasteiger partial charge in [0.25, 0.3) is 0 Å². The lowest BCUT2D eigenvalue weighted by Gasteiger charge is -2.42. The first kappa shape index (κ1) is 18.2. The minimum atomic E-state index is 0.205. The van der Waals surface area contributed by atoms with Crippen LogP contribution >= 0.6 is 23.5 Å². The van der Waals surface area contributed by atoms with Crippen molar-refractivity contribution in [2.45, 2.75) is 49.0 Å². The number of hydrogen-bond acceptors (Lipinski definition) is 4. The Labute approximate surface area is 171 Å². The van der Waals surface area contributed by atoms with Gasteiger partial charge in [-0.2, -0.15) is 0 Å². The molecule has 2 aliphatic heterocycles. The third kappa shape index (κ3) is 3.39. The molecule has 2 atom stereocenters. The fraction of sp³-hybridized carbons (Fsp3) is 0.682. The fourth-order valence-corrected chi connectivity index (χ4v) is 9.70. The smallest absolute Gasteiger partial charge is 0.227 e. The number of hydrogen-bond donors (Lipinski definition) is 1. The lowest BCUT2D eigenvalue weighted by molar-refractivity contribution is -0.121. The molecule has 3 nitrogen and oxygen atoms in total. The van der Waals surface area contributed by atoms with Gasteiger partial charge in [0.2, 0.25) is 5.91 Å². The van der Waals surface area contributed by atoms with Gasteiger partial charge in [0.15, 0.2) is 0 Å². The molecule has 2 heterocycles. The number of carbonyl (C=O) groups excluding carboxylic acids is 1. The minimum absolute atomic E-state index is 0.205. The van der Waals surface area contributed by atoms with E-state index in [1.54, 1.807) is 0 Å². The molecule has 0 radical (unpaired) electrons. The Morgan fingerprint density at radius 1 is 0.963 bits per heavy atom. The normalized spacial score (nSPS) is 32.0. The number of thioether (sulfide) groups is 2. The van der Waals surface area contributed by atoms with Gasteiger partial charge < -0.3 is 10.2 Å². The minimum Gasteiger partial charge on any atom is -0.372 e. The summed E-state index contributed by atoms with van der Waals surface area (Å²) in [4.78, 5) is 15.4. The molecule has 0 aromatic heterocycles. The zero-order chi connectivity index (χ0) is 18.3. The van der Waals surface area contributed by atoms with Crippen LogP contribution < -0.4 is 10.2 Å². The van der Waals surface area contributed by atoms with Crippen LogP contribution in [0.3, 0.4) is 0 Å². The average Bonchev–Trinajstić information content (AvgIpc) is 3.24. The Hall–Kier alpha value is -0.810. The van der Waals surface area contributed by atoms with Crippen LogP contribution in [-0.4, -0.2) is 34.6 Å². The van der Waals surface area contributed by atoms with Crippen LogP contribution in [-0.2, 0) is 4.79 Å². The predicted molar refractivity (Wildman–Crippen MR) is 118 cm³/mol. The highest BCUT2D eigenvalue weighted by atomic mass is 32.2. The van der Waals surface area contributed by atoms with Crippen LogP contribution in [0.4, 0.5) is 11.4 Å². The van der Waals surface area contributed by atoms with E-state index in [2.05, 4.69) is 58.0 Å². The third-order valence-corrected chi connectivity index (χ3v) is 11.1. The summed E-state index contributed by atoms with van der Waals surface area (Å²) in [7, 11) is 0. The Morgan fingerprint density at radius 3 is 2.22 bits per heavy atom. The number of piperidine rings is 1. The average molecular weight is 403 g/mol. The highest BCUT2D eigenvalue weighted by molar-refractivity contribution is 8.21. The first-order valence-electron chi connectivity index (χ1n) is 10.7. The van der Waals surface area contributed by atoms with Crippen molar-refractivity contribution in [3.8, 4) is 0 Å². The van der Waals surface area contributed by atoms with Crippen LogP contribution in [0.5, 0.6) is 0 Å². The monoisotopic (exact) mass is 402 g/mol. The van der Waals surface area contributed by atoms with Crippen molar-refractivity contribution in [1.82, 2.24) is 0 Å². The number of nitrogens with one attached hydrogen (secondary N) is 1. The maximum absolute atomic E-state index is 12.9. The number of benzene rings is 1. The van der Waals surface area contributed by atoms with Gasteiger partial charge in [-0.05, 0) is 81.0 Å². The summed E-state index contributed by atoms with van der Waals surface area (Å²) >= 11 is 4.41. The van der Waals surface area contributed by atoms with Crippen molar-refractivity contribution in [3.05, 3.63) is 24.3 Å². The van der Waals surface area contributed by atoms with E-state index in [0.29, 0.717) is 4.08 Å². The highest BCUT2D eigenvalue weighted by Crippen LogP contribution is 2.65. The molecule has 4 fully saturated rings. The number of nitrogens with zero attached hydrogens (tertiary/aromatic N) is 1. The molecule has 1 aromatic rings. The van der Waals surface area contributed by atoms with Gasteiger partial charge in [0.1, 0.15) is 0 Å². The molecule has 27 heavy (non-hydrogen) atoms. The summed E-state index contributed by atoms with van der Waals surface area (Å²) in [5.74, 6) is 4.55. The Balaban J connectivity index is 1.21. The fourth-order valence-electron chi connectivity index (χ4n) is 5.77. The molecule has 1 spiro atoms. The molecule has 2 saturated carbocycles. The SMILES string of the molecule is O=C(Nc1ccc(N2CCCCC2)cc1)C1CC2CCC(C1)C21SCCS1. The van der Waals surface area contributed by atoms with Gasteiger partial charge in [-0.1, -0.05) is 0 Å². The van der Waals surface area contributed by atoms with Crippen molar-refractivity contribution in [2.75, 3.05) is 34.8 Å². The van der Waals surface area contributed by atoms with Crippen molar-refractivity contribution >= 4 is 40.8 Å². The molecule has 5 heteroatoms. The van der Waals surface area contributed by atoms with E-state index in [1.807, 2.05) is 0 Å². The second kappa shape index (κ2) is 7.55. The summed E-state index contributed by atoms with van der Waals surface area (Å²) in [6.07, 6.45) is 8.79. The van der Waals surface area contributed by atoms with Crippen LogP contribution in [0.25, 0.3) is 0 Å². The van der Waals surface area contributed by atoms with E-state index in [9.17, 15) is 4.79 Å². The van der Waals surface area contributed by atoms with E-state index in [4.69, 9.17) is 0 Å². The van der Waals surface area contributed by atoms with E-state index in [-0.39, 0.29) is 11.8 Å². The van der Waals surface area contributed by atoms with Crippen LogP contribution in [0.2, 0.25) is 0 Å². The number of anilines is 2. The highest BCUT2D eigenvalue weighted by Gasteiger charge is 2.57. The lowest BCUT2D eigenvalue weighted by atomic mass is 9.79. The number of amides is 1. The first-order valence-corrected chi connectivity index (χ1v) is 12.7. The Bertz CT molecular complexity index is 664. The molecule has 146 valence electrons. The van der Waals surface area contributed by atoms with Crippen LogP contribution in [0.1, 0.15) is 44.9 Å². The molecule has 1 N–H and O–H groups in total. The van der Waals surface area contributed by atoms with Crippen molar-refractivity contribution in [2.24, 2.45) is 17.8 Å². The zero-order valence-corrected chi connectivity index (χ0v) is 17.6. The Kier molecular flexibility index (Phi) is 5.10. The molecule has 1 aromatic carbocycles. The molecule has 2 aliphatic carbocycles. The maximum Gasteiger partial charge on any atom is 0.227 e. The molecular formula is C22H30N2OS2. The van der Waals surface area contributed by atoms with E-state index in [1.165, 1.54) is 49.3 Å². The first-order chi connectivity index (χ1) is 13.2. The standard InChI is InChI=1S/C22H30N2OS2/c25-21(16-14-17-4-5-18(15-16)22(17)26-12-13-27-22)23-19-6-8-20(9-7-19)24-10-2-1-3-11-24/h6-9,16-18H,1-5,10-15H2,(H,23,25). The quantitative estimate of drug-likeness (QED) is 0.750. The third-order valence-electron chi connectivity index (χ3n) is 7.11. The second-order valence-electron chi connectivity index (χ2n) is 8.64. The predicted octanol–water partition coefficient (Wildman–Crippen LogP) is 5.23. The van der Waals surface area contributed by atoms with Gasteiger partial charge in [-0.25, -0.2) is 0 Å². The van der Waals surface area contributed by atoms with Crippen molar-refractivity contribution < 1.29 is 4.79 Å². The maximum atomic E-state index is 12.9. The van der Waals surface area contributed by atoms with E-state index < -0.39 is 0 Å². The second-order valence-corrected chi connectivity index (χ2v) is 11.6. The largest absolute Gasteiger partial charge is 0.372 e. The number of carbonyl (C=O) groups is 1. The van der Waals surface area contributed by atoms with Crippen molar-refractivity contribution in [3.63, 3.8) is 0 Å². The Morgan fingerprint density at radius 2 is 1.59 bits per heavy atom. The van der Waals surface area contributed by atoms with E-state index in [0.717, 1.165) is 43.5 Å². The topological polar surface area (TPSA) is 32.3 Å². The van der Waals surface area contributed by atoms with Gasteiger partial charge in [-0.3, -0.25) is 4.79 Å². The number of rotatable bonds is 3. The summed E-state index contributed by atoms with van der Waals surface area (Å²) in [5.41, 5.74) is 2.25. The zero-order valence-electron chi connectivity index (χ0n) is 16.0. The van der Waals surface area contributed by atoms with Gasteiger partial charge in [-0.15, -0.1) is 23.5 Å². The lowest BCUT2D eigenvalue weighted by Crippen LogP contribution is -2.41. The molecule has 2 saturated heterocycles. The van der Waals surface area contributed by atoms with Gasteiger partial charge in [0.05, 0.1) is 4.08 Å². The van der Waals surface area contributed by atoms with E-state index >= 15 is 0 Å². The molecular weight excluding hydrogens is 372 g/mol. The van der Waals surface area contributed by atoms with Gasteiger partial charge in [0, 0.05) is 41.9 Å². The van der Waals surface area contributed by atoms with Crippen LogP contribution in [0.15, 0.2) is 24.3 Å². The molecule has 5 rings (SSSR count). The van der Waals surface area contributed by atoms with Crippen molar-refractivity contribution in [1.29, 1.82) is 0 Å². The van der Waals surface area contributed by atoms with Gasteiger partial charge >= 0.3 is 0 Å². The summed E-state index contributed by atoms with van der Waals surface area (Å²) in [6, 6.07) is 8.52. The van der Waals surface area contributed by atoms with Crippen LogP contribution in [0, 0.1) is 17.8 Å². The summed E-state index contributed by atoms with van der Waals surface area (Å²) in [5, 5.41) is 3.22.